The highest BCUT2D eigenvalue weighted by atomic mass is 32.1. The lowest BCUT2D eigenvalue weighted by Gasteiger charge is -2.37. The van der Waals surface area contributed by atoms with Gasteiger partial charge in [0.1, 0.15) is 28.6 Å². The first-order chi connectivity index (χ1) is 15.6. The van der Waals surface area contributed by atoms with E-state index in [0.29, 0.717) is 11.3 Å². The van der Waals surface area contributed by atoms with Gasteiger partial charge >= 0.3 is 7.60 Å². The Labute approximate surface area is 202 Å². The Bertz CT molecular complexity index is 1130. The normalized spacial score (nSPS) is 28.4. The molecule has 3 heterocycles. The van der Waals surface area contributed by atoms with E-state index in [9.17, 15) is 29.2 Å². The van der Waals surface area contributed by atoms with Gasteiger partial charge in [-0.05, 0) is 39.7 Å². The molecular weight excluding hydrogens is 488 g/mol. The van der Waals surface area contributed by atoms with Crippen molar-refractivity contribution in [1.82, 2.24) is 15.0 Å². The number of H-pyrrole nitrogens is 1. The summed E-state index contributed by atoms with van der Waals surface area (Å²) in [6.45, 7) is 7.57. The van der Waals surface area contributed by atoms with Crippen LogP contribution in [0.3, 0.4) is 0 Å². The van der Waals surface area contributed by atoms with Crippen molar-refractivity contribution in [2.75, 3.05) is 0 Å². The highest BCUT2D eigenvalue weighted by Gasteiger charge is 2.50. The Morgan fingerprint density at radius 2 is 1.91 bits per heavy atom. The van der Waals surface area contributed by atoms with Gasteiger partial charge in [0.05, 0.1) is 17.4 Å². The maximum absolute atomic E-state index is 13.8. The second-order valence-corrected chi connectivity index (χ2v) is 11.7. The molecule has 10 nitrogen and oxygen atoms in total. The molecule has 190 valence electrons. The first-order valence-corrected chi connectivity index (χ1v) is 13.0. The molecule has 0 amide bonds. The number of pyridine rings is 1. The second kappa shape index (κ2) is 9.59. The zero-order valence-corrected chi connectivity index (χ0v) is 21.4. The van der Waals surface area contributed by atoms with E-state index < -0.39 is 48.9 Å². The number of rotatable bonds is 8. The fourth-order valence-electron chi connectivity index (χ4n) is 3.75. The van der Waals surface area contributed by atoms with Gasteiger partial charge in [0, 0.05) is 12.0 Å². The van der Waals surface area contributed by atoms with Crippen LogP contribution in [0.1, 0.15) is 64.3 Å². The number of halogens is 1. The van der Waals surface area contributed by atoms with Crippen LogP contribution in [0.2, 0.25) is 0 Å². The third-order valence-electron chi connectivity index (χ3n) is 6.50. The fourth-order valence-corrected chi connectivity index (χ4v) is 5.41. The van der Waals surface area contributed by atoms with Crippen molar-refractivity contribution >= 4 is 19.8 Å². The maximum atomic E-state index is 13.8. The number of aryl methyl sites for hydroxylation is 1. The molecule has 34 heavy (non-hydrogen) atoms. The lowest BCUT2D eigenvalue weighted by molar-refractivity contribution is -0.0532. The number of aliphatic hydroxyl groups is 3. The van der Waals surface area contributed by atoms with Crippen molar-refractivity contribution in [1.29, 1.82) is 0 Å². The number of fused-ring (bicyclic) bond motifs is 1. The standard InChI is InChI=1S/C21H31FN3O7PS/c1-6-20(4,32-33(29,30)21(5,28)7-2)9-13-14(26)15(27)16(31-13)11-8-12-18(25-19(11)34)24-17(22)10(3)23-12/h8,13-16,26-28H,6-7,9H2,1-5H3,(H,29,30)(H,24,25,34)/t13-,14?,15+,16+,20?,21?/m1/s1. The SMILES string of the molecule is CCC(C)(C[C@H]1O[C@@H](c2cc3nc(C)c(F)[nH]c-3nc2=S)[C@@H](O)C1O)OP(=O)(O)C(C)(O)CC. The molecule has 1 fully saturated rings. The highest BCUT2D eigenvalue weighted by Crippen LogP contribution is 2.59. The third-order valence-corrected chi connectivity index (χ3v) is 9.05. The molecule has 5 N–H and O–H groups in total. The van der Waals surface area contributed by atoms with Gasteiger partial charge in [-0.2, -0.15) is 4.39 Å². The number of ether oxygens (including phenoxy) is 1. The van der Waals surface area contributed by atoms with Crippen LogP contribution in [0.5, 0.6) is 0 Å². The smallest absolute Gasteiger partial charge is 0.359 e. The number of aromatic amines is 1. The van der Waals surface area contributed by atoms with Crippen LogP contribution in [0.15, 0.2) is 6.07 Å². The van der Waals surface area contributed by atoms with Crippen molar-refractivity contribution in [3.8, 4) is 11.5 Å². The summed E-state index contributed by atoms with van der Waals surface area (Å²) in [4.78, 5) is 21.1. The number of hydrogen-bond donors (Lipinski definition) is 5. The molecule has 1 saturated heterocycles. The molecular formula is C21H31FN3O7PS. The largest absolute Gasteiger partial charge is 0.388 e. The molecule has 0 aliphatic carbocycles. The molecule has 3 aliphatic heterocycles. The van der Waals surface area contributed by atoms with Gasteiger partial charge in [-0.15, -0.1) is 0 Å². The van der Waals surface area contributed by atoms with Gasteiger partial charge in [0.15, 0.2) is 11.2 Å². The first kappa shape index (κ1) is 27.2. The van der Waals surface area contributed by atoms with E-state index in [2.05, 4.69) is 15.0 Å². The number of hydrogen-bond acceptors (Lipinski definition) is 9. The van der Waals surface area contributed by atoms with Crippen molar-refractivity contribution < 1.29 is 38.4 Å². The van der Waals surface area contributed by atoms with E-state index in [1.165, 1.54) is 19.9 Å². The minimum atomic E-state index is -4.46. The number of aromatic nitrogens is 3. The van der Waals surface area contributed by atoms with Crippen LogP contribution in [-0.4, -0.2) is 64.4 Å². The van der Waals surface area contributed by atoms with Crippen LogP contribution in [0.25, 0.3) is 11.5 Å². The van der Waals surface area contributed by atoms with E-state index in [1.54, 1.807) is 20.8 Å². The Morgan fingerprint density at radius 3 is 2.50 bits per heavy atom. The zero-order valence-electron chi connectivity index (χ0n) is 19.6. The van der Waals surface area contributed by atoms with Gasteiger partial charge in [-0.25, -0.2) is 9.97 Å². The van der Waals surface area contributed by atoms with Gasteiger partial charge in [0.2, 0.25) is 5.95 Å². The Kier molecular flexibility index (Phi) is 7.68. The van der Waals surface area contributed by atoms with E-state index in [4.69, 9.17) is 21.5 Å². The molecule has 13 heteroatoms. The predicted molar refractivity (Wildman–Crippen MR) is 123 cm³/mol. The average molecular weight is 520 g/mol. The lowest BCUT2D eigenvalue weighted by atomic mass is 9.92. The van der Waals surface area contributed by atoms with Crippen LogP contribution < -0.4 is 0 Å². The van der Waals surface area contributed by atoms with E-state index in [-0.39, 0.29) is 35.4 Å². The lowest BCUT2D eigenvalue weighted by Crippen LogP contribution is -2.40. The maximum Gasteiger partial charge on any atom is 0.359 e. The van der Waals surface area contributed by atoms with Gasteiger partial charge < -0.3 is 34.5 Å². The molecule has 0 radical (unpaired) electrons. The fraction of sp³-hybridized carbons (Fsp3) is 0.667. The molecule has 0 bridgehead atoms. The Balaban J connectivity index is 1.88. The van der Waals surface area contributed by atoms with E-state index >= 15 is 0 Å². The molecule has 0 aromatic rings. The topological polar surface area (TPSA) is 158 Å². The van der Waals surface area contributed by atoms with Gasteiger partial charge in [-0.1, -0.05) is 26.1 Å². The van der Waals surface area contributed by atoms with Crippen molar-refractivity contribution in [3.05, 3.63) is 27.9 Å². The summed E-state index contributed by atoms with van der Waals surface area (Å²) in [6.07, 6.45) is -4.56. The molecule has 0 saturated carbocycles. The number of nitrogens with one attached hydrogen (secondary N) is 1. The predicted octanol–water partition coefficient (Wildman–Crippen LogP) is 3.13. The molecule has 0 spiro atoms. The minimum Gasteiger partial charge on any atom is -0.388 e. The second-order valence-electron chi connectivity index (χ2n) is 9.15. The molecule has 4 unspecified atom stereocenters. The summed E-state index contributed by atoms with van der Waals surface area (Å²) in [6, 6.07) is 1.52. The summed E-state index contributed by atoms with van der Waals surface area (Å²) in [5, 5.41) is 29.8. The summed E-state index contributed by atoms with van der Waals surface area (Å²) in [5.41, 5.74) is -0.534. The number of aliphatic hydroxyl groups excluding tert-OH is 2. The van der Waals surface area contributed by atoms with E-state index in [0.717, 1.165) is 0 Å². The monoisotopic (exact) mass is 519 g/mol. The Hall–Kier alpha value is -1.37. The molecule has 7 atom stereocenters. The first-order valence-electron chi connectivity index (χ1n) is 11.0. The molecule has 3 rings (SSSR count). The van der Waals surface area contributed by atoms with Crippen molar-refractivity contribution in [3.63, 3.8) is 0 Å². The van der Waals surface area contributed by atoms with Crippen LogP contribution >= 0.6 is 19.8 Å². The zero-order chi connectivity index (χ0) is 25.6. The average Bonchev–Trinajstić information content (AvgIpc) is 3.02. The molecule has 0 aromatic heterocycles. The third kappa shape index (κ3) is 5.10. The van der Waals surface area contributed by atoms with Crippen LogP contribution in [0, 0.1) is 17.5 Å². The molecule has 3 aliphatic rings. The van der Waals surface area contributed by atoms with Crippen LogP contribution in [-0.2, 0) is 13.8 Å². The minimum absolute atomic E-state index is 0.00464. The summed E-state index contributed by atoms with van der Waals surface area (Å²) in [5.74, 6) is -0.507. The van der Waals surface area contributed by atoms with Gasteiger partial charge in [-0.3, -0.25) is 4.57 Å². The quantitative estimate of drug-likeness (QED) is 0.259. The van der Waals surface area contributed by atoms with Gasteiger partial charge in [0.25, 0.3) is 0 Å². The summed E-state index contributed by atoms with van der Waals surface area (Å²) < 4.78 is 38.1. The summed E-state index contributed by atoms with van der Waals surface area (Å²) >= 11 is 5.30. The van der Waals surface area contributed by atoms with Crippen molar-refractivity contribution in [2.24, 2.45) is 0 Å². The highest BCUT2D eigenvalue weighted by molar-refractivity contribution is 7.71. The van der Waals surface area contributed by atoms with Crippen molar-refractivity contribution in [2.45, 2.75) is 89.2 Å². The molecule has 0 aromatic carbocycles. The Morgan fingerprint density at radius 1 is 1.26 bits per heavy atom. The summed E-state index contributed by atoms with van der Waals surface area (Å²) in [7, 11) is -4.46. The van der Waals surface area contributed by atoms with E-state index in [1.807, 2.05) is 0 Å². The van der Waals surface area contributed by atoms with Crippen LogP contribution in [0.4, 0.5) is 4.39 Å². The number of nitrogens with zero attached hydrogens (tertiary/aromatic N) is 2.